The van der Waals surface area contributed by atoms with E-state index in [1.165, 1.54) is 4.88 Å². The van der Waals surface area contributed by atoms with Gasteiger partial charge in [-0.1, -0.05) is 52.9 Å². The first-order valence-electron chi connectivity index (χ1n) is 8.67. The number of rotatable bonds is 3. The van der Waals surface area contributed by atoms with Crippen LogP contribution < -0.4 is 4.57 Å². The molecular formula is C21H30NO2S+. The van der Waals surface area contributed by atoms with Gasteiger partial charge in [-0.05, 0) is 29.9 Å². The van der Waals surface area contributed by atoms with Gasteiger partial charge in [-0.25, -0.2) is 0 Å². The molecule has 0 radical (unpaired) electrons. The van der Waals surface area contributed by atoms with Crippen molar-refractivity contribution in [3.05, 3.63) is 44.9 Å². The molecule has 0 aliphatic heterocycles. The number of benzene rings is 1. The van der Waals surface area contributed by atoms with Crippen LogP contribution in [-0.4, -0.2) is 10.9 Å². The van der Waals surface area contributed by atoms with Crippen LogP contribution in [0.4, 0.5) is 0 Å². The summed E-state index contributed by atoms with van der Waals surface area (Å²) in [4.78, 5) is 14.2. The zero-order chi connectivity index (χ0) is 19.2. The molecule has 25 heavy (non-hydrogen) atoms. The van der Waals surface area contributed by atoms with E-state index in [0.29, 0.717) is 17.9 Å². The minimum Gasteiger partial charge on any atom is -0.507 e. The summed E-state index contributed by atoms with van der Waals surface area (Å²) in [5.74, 6) is 0.383. The Balaban J connectivity index is 2.53. The highest BCUT2D eigenvalue weighted by Crippen LogP contribution is 2.39. The summed E-state index contributed by atoms with van der Waals surface area (Å²) in [7, 11) is 0. The van der Waals surface area contributed by atoms with E-state index < -0.39 is 0 Å². The molecule has 0 atom stereocenters. The number of aromatic nitrogens is 1. The smallest absolute Gasteiger partial charge is 0.227 e. The van der Waals surface area contributed by atoms with E-state index in [2.05, 4.69) is 48.5 Å². The molecule has 1 N–H and O–H groups in total. The predicted molar refractivity (Wildman–Crippen MR) is 104 cm³/mol. The van der Waals surface area contributed by atoms with Crippen molar-refractivity contribution in [1.82, 2.24) is 0 Å². The van der Waals surface area contributed by atoms with Crippen molar-refractivity contribution < 1.29 is 14.5 Å². The van der Waals surface area contributed by atoms with Gasteiger partial charge in [0.05, 0.1) is 4.88 Å². The van der Waals surface area contributed by atoms with Crippen LogP contribution in [0.3, 0.4) is 0 Å². The van der Waals surface area contributed by atoms with Gasteiger partial charge in [0, 0.05) is 23.6 Å². The Labute approximate surface area is 155 Å². The Morgan fingerprint density at radius 3 is 1.88 bits per heavy atom. The summed E-state index contributed by atoms with van der Waals surface area (Å²) in [6.45, 7) is 16.8. The number of hydrogen-bond acceptors (Lipinski definition) is 3. The number of phenols is 1. The van der Waals surface area contributed by atoms with Crippen molar-refractivity contribution >= 4 is 17.1 Å². The van der Waals surface area contributed by atoms with E-state index in [1.54, 1.807) is 11.3 Å². The van der Waals surface area contributed by atoms with Crippen molar-refractivity contribution in [2.24, 2.45) is 0 Å². The summed E-state index contributed by atoms with van der Waals surface area (Å²) in [6, 6.07) is 3.73. The molecule has 0 saturated heterocycles. The zero-order valence-electron chi connectivity index (χ0n) is 16.7. The largest absolute Gasteiger partial charge is 0.507 e. The molecule has 1 aromatic heterocycles. The number of hydrogen-bond donors (Lipinski definition) is 1. The second-order valence-electron chi connectivity index (χ2n) is 8.84. The van der Waals surface area contributed by atoms with E-state index in [-0.39, 0.29) is 16.6 Å². The van der Waals surface area contributed by atoms with Crippen molar-refractivity contribution in [3.8, 4) is 5.75 Å². The first kappa shape index (κ1) is 19.6. The van der Waals surface area contributed by atoms with Crippen molar-refractivity contribution in [2.45, 2.75) is 72.8 Å². The summed E-state index contributed by atoms with van der Waals surface area (Å²) < 4.78 is 2.00. The summed E-state index contributed by atoms with van der Waals surface area (Å²) in [5, 5.41) is 10.8. The molecule has 0 unspecified atom stereocenters. The van der Waals surface area contributed by atoms with Gasteiger partial charge in [0.2, 0.25) is 17.8 Å². The van der Waals surface area contributed by atoms with Crippen LogP contribution in [0.5, 0.6) is 5.75 Å². The molecule has 0 aliphatic carbocycles. The van der Waals surface area contributed by atoms with Crippen molar-refractivity contribution in [3.63, 3.8) is 0 Å². The highest BCUT2D eigenvalue weighted by molar-refractivity contribution is 7.09. The van der Waals surface area contributed by atoms with Crippen LogP contribution in [0.25, 0.3) is 0 Å². The predicted octanol–water partition coefficient (Wildman–Crippen LogP) is 4.84. The number of carbonyl (C=O) groups excluding carboxylic acids is 1. The number of aromatic hydroxyl groups is 1. The van der Waals surface area contributed by atoms with Crippen LogP contribution in [0.15, 0.2) is 17.6 Å². The summed E-state index contributed by atoms with van der Waals surface area (Å²) in [5.41, 5.74) is 4.98. The molecule has 0 amide bonds. The molecule has 0 spiro atoms. The van der Waals surface area contributed by atoms with Crippen LogP contribution in [0.2, 0.25) is 0 Å². The number of ketones is 1. The third kappa shape index (κ3) is 4.12. The Hall–Kier alpha value is -1.68. The molecule has 0 saturated carbocycles. The monoisotopic (exact) mass is 360 g/mol. The van der Waals surface area contributed by atoms with Gasteiger partial charge in [-0.15, -0.1) is 0 Å². The lowest BCUT2D eigenvalue weighted by Crippen LogP contribution is -2.38. The molecule has 0 aliphatic rings. The normalized spacial score (nSPS) is 12.5. The van der Waals surface area contributed by atoms with Gasteiger partial charge in [0.1, 0.15) is 5.75 Å². The number of nitrogens with zero attached hydrogens (tertiary/aromatic N) is 1. The van der Waals surface area contributed by atoms with Crippen LogP contribution in [-0.2, 0) is 17.4 Å². The average molecular weight is 361 g/mol. The fourth-order valence-electron chi connectivity index (χ4n) is 2.85. The number of carbonyl (C=O) groups is 1. The molecular weight excluding hydrogens is 330 g/mol. The molecule has 4 heteroatoms. The maximum absolute atomic E-state index is 12.9. The van der Waals surface area contributed by atoms with Gasteiger partial charge < -0.3 is 5.11 Å². The lowest BCUT2D eigenvalue weighted by Gasteiger charge is -2.27. The fraction of sp³-hybridized carbons (Fsp3) is 0.524. The second-order valence-corrected chi connectivity index (χ2v) is 9.89. The fourth-order valence-corrected chi connectivity index (χ4v) is 3.66. The highest BCUT2D eigenvalue weighted by atomic mass is 32.1. The lowest BCUT2D eigenvalue weighted by molar-refractivity contribution is -0.684. The Morgan fingerprint density at radius 1 is 1.04 bits per heavy atom. The van der Waals surface area contributed by atoms with Gasteiger partial charge in [0.25, 0.3) is 0 Å². The average Bonchev–Trinajstić information content (AvgIpc) is 2.77. The van der Waals surface area contributed by atoms with Gasteiger partial charge >= 0.3 is 0 Å². The van der Waals surface area contributed by atoms with Crippen LogP contribution in [0.1, 0.15) is 73.6 Å². The van der Waals surface area contributed by atoms with Crippen LogP contribution in [0, 0.1) is 13.8 Å². The zero-order valence-corrected chi connectivity index (χ0v) is 17.5. The molecule has 1 aromatic carbocycles. The number of aryl methyl sites for hydroxylation is 1. The lowest BCUT2D eigenvalue weighted by atomic mass is 9.78. The van der Waals surface area contributed by atoms with E-state index in [0.717, 1.165) is 16.8 Å². The standard InChI is InChI=1S/C21H29NO2S/c1-13-14(2)25-12-22(13)11-18(23)15-9-16(20(3,4)5)19(24)17(10-15)21(6,7)8/h9-10,12H,11H2,1-8H3/p+1. The Morgan fingerprint density at radius 2 is 1.52 bits per heavy atom. The van der Waals surface area contributed by atoms with Gasteiger partial charge in [-0.3, -0.25) is 4.79 Å². The molecule has 3 nitrogen and oxygen atoms in total. The van der Waals surface area contributed by atoms with Gasteiger partial charge in [-0.2, -0.15) is 4.57 Å². The SMILES string of the molecule is Cc1sc[n+](CC(=O)c2cc(C(C)(C)C)c(O)c(C(C)(C)C)c2)c1C. The molecule has 2 rings (SSSR count). The Bertz CT molecular complexity index is 769. The first-order valence-corrected chi connectivity index (χ1v) is 9.55. The quantitative estimate of drug-likeness (QED) is 0.629. The van der Waals surface area contributed by atoms with Crippen molar-refractivity contribution in [1.29, 1.82) is 0 Å². The van der Waals surface area contributed by atoms with E-state index in [4.69, 9.17) is 0 Å². The van der Waals surface area contributed by atoms with Crippen molar-refractivity contribution in [2.75, 3.05) is 0 Å². The maximum Gasteiger partial charge on any atom is 0.227 e. The molecule has 1 heterocycles. The van der Waals surface area contributed by atoms with Crippen LogP contribution >= 0.6 is 11.3 Å². The number of Topliss-reactive ketones (excluding diaryl/α,β-unsaturated/α-hetero) is 1. The minimum absolute atomic E-state index is 0.0712. The Kier molecular flexibility index (Phi) is 5.16. The molecule has 136 valence electrons. The number of phenolic OH excluding ortho intramolecular Hbond substituents is 1. The molecule has 0 bridgehead atoms. The summed E-state index contributed by atoms with van der Waals surface area (Å²) in [6.07, 6.45) is 0. The third-order valence-electron chi connectivity index (χ3n) is 4.66. The summed E-state index contributed by atoms with van der Waals surface area (Å²) >= 11 is 1.66. The van der Waals surface area contributed by atoms with E-state index in [1.807, 2.05) is 29.1 Å². The molecule has 2 aromatic rings. The second kappa shape index (κ2) is 6.56. The maximum atomic E-state index is 12.9. The third-order valence-corrected chi connectivity index (χ3v) is 5.67. The van der Waals surface area contributed by atoms with Gasteiger partial charge in [0.15, 0.2) is 5.69 Å². The highest BCUT2D eigenvalue weighted by Gasteiger charge is 2.28. The van der Waals surface area contributed by atoms with E-state index >= 15 is 0 Å². The molecule has 0 fully saturated rings. The minimum atomic E-state index is -0.234. The first-order chi connectivity index (χ1) is 11.3. The van der Waals surface area contributed by atoms with E-state index in [9.17, 15) is 9.90 Å². The number of thiazole rings is 1. The topological polar surface area (TPSA) is 41.2 Å².